The number of ether oxygens (including phenoxy) is 1. The zero-order chi connectivity index (χ0) is 13.5. The average molecular weight is 262 g/mol. The van der Waals surface area contributed by atoms with Gasteiger partial charge in [-0.2, -0.15) is 13.2 Å². The predicted octanol–water partition coefficient (Wildman–Crippen LogP) is 2.40. The summed E-state index contributed by atoms with van der Waals surface area (Å²) in [6, 6.07) is 2.59. The number of esters is 2. The van der Waals surface area contributed by atoms with Crippen LogP contribution in [0.4, 0.5) is 17.6 Å². The highest BCUT2D eigenvalue weighted by Gasteiger charge is 2.40. The molecular weight excluding hydrogens is 256 g/mol. The van der Waals surface area contributed by atoms with Crippen molar-refractivity contribution in [3.05, 3.63) is 35.1 Å². The van der Waals surface area contributed by atoms with Crippen molar-refractivity contribution in [2.75, 3.05) is 0 Å². The molecule has 1 heterocycles. The Labute approximate surface area is 98.3 Å². The topological polar surface area (TPSA) is 43.4 Å². The largest absolute Gasteiger partial charge is 0.419 e. The number of rotatable bonds is 1. The average Bonchev–Trinajstić information content (AvgIpc) is 2.56. The molecule has 1 aromatic rings. The Bertz CT molecular complexity index is 522. The van der Waals surface area contributed by atoms with Crippen molar-refractivity contribution in [1.82, 2.24) is 0 Å². The molecule has 0 saturated carbocycles. The van der Waals surface area contributed by atoms with Crippen LogP contribution >= 0.6 is 0 Å². The van der Waals surface area contributed by atoms with E-state index in [1.165, 1.54) is 0 Å². The lowest BCUT2D eigenvalue weighted by atomic mass is 9.95. The van der Waals surface area contributed by atoms with Crippen LogP contribution in [-0.4, -0.2) is 11.9 Å². The Morgan fingerprint density at radius 1 is 1.22 bits per heavy atom. The first-order valence-electron chi connectivity index (χ1n) is 4.91. The van der Waals surface area contributed by atoms with E-state index in [1.807, 2.05) is 0 Å². The molecule has 96 valence electrons. The lowest BCUT2D eigenvalue weighted by Crippen LogP contribution is -2.13. The van der Waals surface area contributed by atoms with Gasteiger partial charge in [-0.05, 0) is 6.07 Å². The molecule has 1 saturated heterocycles. The van der Waals surface area contributed by atoms with Gasteiger partial charge in [0.1, 0.15) is 5.82 Å². The minimum atomic E-state index is -4.85. The van der Waals surface area contributed by atoms with Gasteiger partial charge in [-0.15, -0.1) is 0 Å². The standard InChI is InChI=1S/C11H6F4O3/c12-9-5(6-4-8(16)18-10(6)17)2-1-3-7(9)11(13,14)15/h1-3,6H,4H2. The number of hydrogen-bond donors (Lipinski definition) is 0. The first-order valence-corrected chi connectivity index (χ1v) is 4.91. The van der Waals surface area contributed by atoms with Crippen molar-refractivity contribution in [3.63, 3.8) is 0 Å². The molecule has 1 atom stereocenters. The molecule has 0 bridgehead atoms. The van der Waals surface area contributed by atoms with Crippen LogP contribution in [-0.2, 0) is 20.5 Å². The minimum absolute atomic E-state index is 0.447. The fraction of sp³-hybridized carbons (Fsp3) is 0.273. The van der Waals surface area contributed by atoms with Crippen molar-refractivity contribution in [2.24, 2.45) is 0 Å². The second-order valence-electron chi connectivity index (χ2n) is 3.76. The van der Waals surface area contributed by atoms with E-state index in [1.54, 1.807) is 0 Å². The molecule has 1 aromatic carbocycles. The van der Waals surface area contributed by atoms with Gasteiger partial charge in [-0.3, -0.25) is 9.59 Å². The van der Waals surface area contributed by atoms with Crippen molar-refractivity contribution in [1.29, 1.82) is 0 Å². The smallest absolute Gasteiger partial charge is 0.393 e. The number of alkyl halides is 3. The Hall–Kier alpha value is -1.92. The molecule has 2 rings (SSSR count). The summed E-state index contributed by atoms with van der Waals surface area (Å²) in [5.41, 5.74) is -1.94. The van der Waals surface area contributed by atoms with E-state index in [0.29, 0.717) is 6.07 Å². The molecular formula is C11H6F4O3. The molecule has 1 aliphatic rings. The van der Waals surface area contributed by atoms with Gasteiger partial charge in [0.15, 0.2) is 0 Å². The number of carbonyl (C=O) groups is 2. The van der Waals surface area contributed by atoms with Crippen molar-refractivity contribution in [3.8, 4) is 0 Å². The third-order valence-corrected chi connectivity index (χ3v) is 2.58. The summed E-state index contributed by atoms with van der Waals surface area (Å²) in [6.45, 7) is 0. The number of hydrogen-bond acceptors (Lipinski definition) is 3. The number of cyclic esters (lactones) is 2. The Balaban J connectivity index is 2.47. The molecule has 0 N–H and O–H groups in total. The maximum Gasteiger partial charge on any atom is 0.419 e. The van der Waals surface area contributed by atoms with Crippen LogP contribution in [0.3, 0.4) is 0 Å². The third kappa shape index (κ3) is 2.07. The van der Waals surface area contributed by atoms with E-state index in [4.69, 9.17) is 0 Å². The SMILES string of the molecule is O=C1CC(c2cccc(C(F)(F)F)c2F)C(=O)O1. The quantitative estimate of drug-likeness (QED) is 0.443. The van der Waals surface area contributed by atoms with Gasteiger partial charge in [-0.25, -0.2) is 4.39 Å². The van der Waals surface area contributed by atoms with Gasteiger partial charge in [0, 0.05) is 5.56 Å². The summed E-state index contributed by atoms with van der Waals surface area (Å²) < 4.78 is 55.3. The highest BCUT2D eigenvalue weighted by molar-refractivity contribution is 5.97. The molecule has 7 heteroatoms. The second-order valence-corrected chi connectivity index (χ2v) is 3.76. The van der Waals surface area contributed by atoms with Gasteiger partial charge >= 0.3 is 18.1 Å². The van der Waals surface area contributed by atoms with Crippen molar-refractivity contribution in [2.45, 2.75) is 18.5 Å². The van der Waals surface area contributed by atoms with Crippen LogP contribution in [0.25, 0.3) is 0 Å². The van der Waals surface area contributed by atoms with Crippen molar-refractivity contribution >= 4 is 11.9 Å². The molecule has 0 aliphatic carbocycles. The summed E-state index contributed by atoms with van der Waals surface area (Å²) in [6.07, 6.45) is -5.30. The predicted molar refractivity (Wildman–Crippen MR) is 49.9 cm³/mol. The maximum absolute atomic E-state index is 13.7. The van der Waals surface area contributed by atoms with E-state index < -0.39 is 47.4 Å². The highest BCUT2D eigenvalue weighted by atomic mass is 19.4. The van der Waals surface area contributed by atoms with Gasteiger partial charge in [0.05, 0.1) is 17.9 Å². The van der Waals surface area contributed by atoms with Gasteiger partial charge in [0.25, 0.3) is 0 Å². The normalized spacial score (nSPS) is 20.1. The molecule has 0 radical (unpaired) electrons. The van der Waals surface area contributed by atoms with Crippen LogP contribution in [0, 0.1) is 5.82 Å². The molecule has 1 fully saturated rings. The Morgan fingerprint density at radius 2 is 1.89 bits per heavy atom. The fourth-order valence-corrected chi connectivity index (χ4v) is 1.75. The summed E-state index contributed by atoms with van der Waals surface area (Å²) in [7, 11) is 0. The van der Waals surface area contributed by atoms with Crippen LogP contribution in [0.1, 0.15) is 23.5 Å². The zero-order valence-electron chi connectivity index (χ0n) is 8.75. The van der Waals surface area contributed by atoms with Crippen LogP contribution in [0.15, 0.2) is 18.2 Å². The fourth-order valence-electron chi connectivity index (χ4n) is 1.75. The maximum atomic E-state index is 13.7. The van der Waals surface area contributed by atoms with E-state index in [0.717, 1.165) is 12.1 Å². The van der Waals surface area contributed by atoms with Gasteiger partial charge in [-0.1, -0.05) is 12.1 Å². The molecule has 0 spiro atoms. The summed E-state index contributed by atoms with van der Waals surface area (Å²) in [5.74, 6) is -4.75. The number of halogens is 4. The van der Waals surface area contributed by atoms with Crippen LogP contribution in [0.2, 0.25) is 0 Å². The Morgan fingerprint density at radius 3 is 2.39 bits per heavy atom. The molecule has 1 aliphatic heterocycles. The lowest BCUT2D eigenvalue weighted by molar-refractivity contribution is -0.152. The first-order chi connectivity index (χ1) is 8.30. The van der Waals surface area contributed by atoms with Gasteiger partial charge in [0.2, 0.25) is 0 Å². The summed E-state index contributed by atoms with van der Waals surface area (Å²) in [5, 5.41) is 0. The molecule has 18 heavy (non-hydrogen) atoms. The van der Waals surface area contributed by atoms with E-state index in [2.05, 4.69) is 4.74 Å². The van der Waals surface area contributed by atoms with Crippen LogP contribution in [0.5, 0.6) is 0 Å². The number of carbonyl (C=O) groups excluding carboxylic acids is 2. The van der Waals surface area contributed by atoms with E-state index >= 15 is 0 Å². The summed E-state index contributed by atoms with van der Waals surface area (Å²) >= 11 is 0. The van der Waals surface area contributed by atoms with E-state index in [9.17, 15) is 27.2 Å². The zero-order valence-corrected chi connectivity index (χ0v) is 8.75. The molecule has 0 aromatic heterocycles. The second kappa shape index (κ2) is 4.08. The van der Waals surface area contributed by atoms with Crippen molar-refractivity contribution < 1.29 is 31.9 Å². The lowest BCUT2D eigenvalue weighted by Gasteiger charge is -2.12. The monoisotopic (exact) mass is 262 g/mol. The Kier molecular flexibility index (Phi) is 2.84. The van der Waals surface area contributed by atoms with E-state index in [-0.39, 0.29) is 0 Å². The highest BCUT2D eigenvalue weighted by Crippen LogP contribution is 2.36. The van der Waals surface area contributed by atoms with Crippen LogP contribution < -0.4 is 0 Å². The number of benzene rings is 1. The third-order valence-electron chi connectivity index (χ3n) is 2.58. The first kappa shape index (κ1) is 12.5. The van der Waals surface area contributed by atoms with Gasteiger partial charge < -0.3 is 4.74 Å². The molecule has 1 unspecified atom stereocenters. The summed E-state index contributed by atoms with van der Waals surface area (Å²) in [4.78, 5) is 22.0. The molecule has 3 nitrogen and oxygen atoms in total. The molecule has 0 amide bonds. The minimum Gasteiger partial charge on any atom is -0.393 e.